The summed E-state index contributed by atoms with van der Waals surface area (Å²) in [6, 6.07) is 12.8. The molecule has 0 aliphatic carbocycles. The molecule has 1 atom stereocenters. The fourth-order valence-electron chi connectivity index (χ4n) is 3.07. The average molecular weight is 318 g/mol. The van der Waals surface area contributed by atoms with Crippen molar-refractivity contribution in [3.8, 4) is 11.1 Å². The third-order valence-corrected chi connectivity index (χ3v) is 4.46. The van der Waals surface area contributed by atoms with Crippen LogP contribution in [0.15, 0.2) is 48.8 Å². The van der Waals surface area contributed by atoms with E-state index in [4.69, 9.17) is 5.73 Å². The van der Waals surface area contributed by atoms with Gasteiger partial charge in [0.2, 0.25) is 0 Å². The van der Waals surface area contributed by atoms with Crippen LogP contribution >= 0.6 is 12.4 Å². The molecular weight excluding hydrogens is 294 g/mol. The van der Waals surface area contributed by atoms with Crippen LogP contribution in [0.25, 0.3) is 11.1 Å². The van der Waals surface area contributed by atoms with E-state index in [0.29, 0.717) is 5.41 Å². The molecule has 0 spiro atoms. The number of aromatic nitrogens is 1. The summed E-state index contributed by atoms with van der Waals surface area (Å²) in [4.78, 5) is 6.71. The van der Waals surface area contributed by atoms with Crippen LogP contribution in [-0.2, 0) is 6.54 Å². The number of nitrogens with zero attached hydrogens (tertiary/aromatic N) is 2. The van der Waals surface area contributed by atoms with Gasteiger partial charge in [-0.15, -0.1) is 12.4 Å². The molecule has 2 aromatic rings. The molecule has 0 bridgehead atoms. The summed E-state index contributed by atoms with van der Waals surface area (Å²) in [5, 5.41) is 0. The number of likely N-dealkylation sites (tertiary alicyclic amines) is 1. The van der Waals surface area contributed by atoms with E-state index in [9.17, 15) is 0 Å². The molecule has 1 aliphatic heterocycles. The molecule has 1 aliphatic rings. The van der Waals surface area contributed by atoms with Crippen molar-refractivity contribution in [1.29, 1.82) is 0 Å². The zero-order chi connectivity index (χ0) is 14.7. The summed E-state index contributed by atoms with van der Waals surface area (Å²) < 4.78 is 0. The van der Waals surface area contributed by atoms with Gasteiger partial charge in [0.05, 0.1) is 0 Å². The van der Waals surface area contributed by atoms with E-state index in [1.807, 2.05) is 18.5 Å². The van der Waals surface area contributed by atoms with Crippen LogP contribution in [0, 0.1) is 5.41 Å². The standard InChI is InChI=1S/C18H23N3.ClH/c1-18(13-19)7-9-21(14-18)12-15-4-2-5-16(10-15)17-6-3-8-20-11-17;/h2-6,8,10-11H,7,9,12-14,19H2,1H3;1H. The molecule has 1 saturated heterocycles. The predicted molar refractivity (Wildman–Crippen MR) is 94.0 cm³/mol. The second-order valence-corrected chi connectivity index (χ2v) is 6.42. The van der Waals surface area contributed by atoms with Crippen LogP contribution < -0.4 is 5.73 Å². The van der Waals surface area contributed by atoms with Crippen LogP contribution in [0.1, 0.15) is 18.9 Å². The summed E-state index contributed by atoms with van der Waals surface area (Å²) in [6.45, 7) is 6.31. The molecule has 2 heterocycles. The fraction of sp³-hybridized carbons (Fsp3) is 0.389. The van der Waals surface area contributed by atoms with Gasteiger partial charge in [0, 0.05) is 25.5 Å². The van der Waals surface area contributed by atoms with Crippen molar-refractivity contribution in [2.75, 3.05) is 19.6 Å². The minimum Gasteiger partial charge on any atom is -0.330 e. The molecule has 2 N–H and O–H groups in total. The second kappa shape index (κ2) is 7.23. The van der Waals surface area contributed by atoms with Crippen LogP contribution in [-0.4, -0.2) is 29.5 Å². The molecule has 22 heavy (non-hydrogen) atoms. The summed E-state index contributed by atoms with van der Waals surface area (Å²) in [7, 11) is 0. The van der Waals surface area contributed by atoms with E-state index in [-0.39, 0.29) is 12.4 Å². The lowest BCUT2D eigenvalue weighted by molar-refractivity contribution is 0.274. The highest BCUT2D eigenvalue weighted by atomic mass is 35.5. The largest absolute Gasteiger partial charge is 0.330 e. The Morgan fingerprint density at radius 1 is 1.23 bits per heavy atom. The van der Waals surface area contributed by atoms with E-state index in [1.165, 1.54) is 23.1 Å². The maximum Gasteiger partial charge on any atom is 0.0346 e. The highest BCUT2D eigenvalue weighted by molar-refractivity contribution is 5.85. The molecular formula is C18H24ClN3. The Kier molecular flexibility index (Phi) is 5.57. The smallest absolute Gasteiger partial charge is 0.0346 e. The second-order valence-electron chi connectivity index (χ2n) is 6.42. The van der Waals surface area contributed by atoms with Crippen molar-refractivity contribution in [3.05, 3.63) is 54.4 Å². The zero-order valence-corrected chi connectivity index (χ0v) is 13.9. The van der Waals surface area contributed by atoms with Crippen LogP contribution in [0.3, 0.4) is 0 Å². The van der Waals surface area contributed by atoms with Gasteiger partial charge in [-0.1, -0.05) is 31.2 Å². The van der Waals surface area contributed by atoms with Gasteiger partial charge in [0.15, 0.2) is 0 Å². The third kappa shape index (κ3) is 3.86. The quantitative estimate of drug-likeness (QED) is 0.940. The maximum atomic E-state index is 5.89. The Hall–Kier alpha value is -1.42. The lowest BCUT2D eigenvalue weighted by Gasteiger charge is -2.22. The van der Waals surface area contributed by atoms with Crippen LogP contribution in [0.5, 0.6) is 0 Å². The Bertz CT molecular complexity index is 602. The van der Waals surface area contributed by atoms with E-state index in [0.717, 1.165) is 26.2 Å². The van der Waals surface area contributed by atoms with Gasteiger partial charge in [0.1, 0.15) is 0 Å². The first-order chi connectivity index (χ1) is 10.2. The van der Waals surface area contributed by atoms with Gasteiger partial charge >= 0.3 is 0 Å². The Labute approximate surface area is 139 Å². The molecule has 0 saturated carbocycles. The van der Waals surface area contributed by atoms with Crippen LogP contribution in [0.4, 0.5) is 0 Å². The maximum absolute atomic E-state index is 5.89. The number of halogens is 1. The molecule has 118 valence electrons. The number of hydrogen-bond donors (Lipinski definition) is 1. The number of benzene rings is 1. The van der Waals surface area contributed by atoms with Gasteiger partial charge in [-0.25, -0.2) is 0 Å². The summed E-state index contributed by atoms with van der Waals surface area (Å²) in [5.74, 6) is 0. The lowest BCUT2D eigenvalue weighted by Crippen LogP contribution is -2.31. The van der Waals surface area contributed by atoms with Crippen molar-refractivity contribution in [1.82, 2.24) is 9.88 Å². The van der Waals surface area contributed by atoms with Gasteiger partial charge in [-0.05, 0) is 53.7 Å². The van der Waals surface area contributed by atoms with Crippen molar-refractivity contribution in [3.63, 3.8) is 0 Å². The Balaban J connectivity index is 0.00000176. The average Bonchev–Trinajstić information content (AvgIpc) is 2.90. The minimum absolute atomic E-state index is 0. The first-order valence-electron chi connectivity index (χ1n) is 7.60. The van der Waals surface area contributed by atoms with Crippen molar-refractivity contribution < 1.29 is 0 Å². The number of pyridine rings is 1. The van der Waals surface area contributed by atoms with Gasteiger partial charge < -0.3 is 5.73 Å². The molecule has 0 radical (unpaired) electrons. The molecule has 1 fully saturated rings. The fourth-order valence-corrected chi connectivity index (χ4v) is 3.07. The van der Waals surface area contributed by atoms with E-state index < -0.39 is 0 Å². The number of rotatable bonds is 4. The van der Waals surface area contributed by atoms with Gasteiger partial charge in [-0.2, -0.15) is 0 Å². The van der Waals surface area contributed by atoms with E-state index in [1.54, 1.807) is 0 Å². The molecule has 3 rings (SSSR count). The van der Waals surface area contributed by atoms with E-state index >= 15 is 0 Å². The lowest BCUT2D eigenvalue weighted by atomic mass is 9.90. The van der Waals surface area contributed by atoms with E-state index in [2.05, 4.69) is 47.1 Å². The van der Waals surface area contributed by atoms with Gasteiger partial charge in [-0.3, -0.25) is 9.88 Å². The first kappa shape index (κ1) is 16.9. The summed E-state index contributed by atoms with van der Waals surface area (Å²) >= 11 is 0. The number of nitrogens with two attached hydrogens (primary N) is 1. The Morgan fingerprint density at radius 2 is 2.05 bits per heavy atom. The predicted octanol–water partition coefficient (Wildman–Crippen LogP) is 3.34. The normalized spacial score (nSPS) is 21.5. The van der Waals surface area contributed by atoms with Crippen molar-refractivity contribution in [2.45, 2.75) is 19.9 Å². The van der Waals surface area contributed by atoms with Crippen molar-refractivity contribution >= 4 is 12.4 Å². The molecule has 0 amide bonds. The highest BCUT2D eigenvalue weighted by Gasteiger charge is 2.32. The molecule has 1 aromatic heterocycles. The van der Waals surface area contributed by atoms with Crippen molar-refractivity contribution in [2.24, 2.45) is 11.1 Å². The summed E-state index contributed by atoms with van der Waals surface area (Å²) in [6.07, 6.45) is 4.93. The van der Waals surface area contributed by atoms with Crippen LogP contribution in [0.2, 0.25) is 0 Å². The molecule has 4 heteroatoms. The monoisotopic (exact) mass is 317 g/mol. The summed E-state index contributed by atoms with van der Waals surface area (Å²) in [5.41, 5.74) is 9.95. The molecule has 1 aromatic carbocycles. The SMILES string of the molecule is CC1(CN)CCN(Cc2cccc(-c3cccnc3)c2)C1.Cl. The zero-order valence-electron chi connectivity index (χ0n) is 13.0. The molecule has 1 unspecified atom stereocenters. The minimum atomic E-state index is 0. The highest BCUT2D eigenvalue weighted by Crippen LogP contribution is 2.30. The molecule has 3 nitrogen and oxygen atoms in total. The first-order valence-corrected chi connectivity index (χ1v) is 7.60. The van der Waals surface area contributed by atoms with Gasteiger partial charge in [0.25, 0.3) is 0 Å². The number of hydrogen-bond acceptors (Lipinski definition) is 3. The Morgan fingerprint density at radius 3 is 2.73 bits per heavy atom. The third-order valence-electron chi connectivity index (χ3n) is 4.46. The topological polar surface area (TPSA) is 42.1 Å².